The van der Waals surface area contributed by atoms with Crippen molar-refractivity contribution in [1.82, 2.24) is 5.32 Å². The fourth-order valence-electron chi connectivity index (χ4n) is 3.29. The van der Waals surface area contributed by atoms with Gasteiger partial charge in [0.25, 0.3) is 0 Å². The Kier molecular flexibility index (Phi) is 4.43. The summed E-state index contributed by atoms with van der Waals surface area (Å²) in [6, 6.07) is 5.03. The lowest BCUT2D eigenvalue weighted by Gasteiger charge is -2.39. The molecule has 112 valence electrons. The lowest BCUT2D eigenvalue weighted by atomic mass is 9.89. The molecule has 1 spiro atoms. The summed E-state index contributed by atoms with van der Waals surface area (Å²) in [5, 5.41) is 3.74. The number of ether oxygens (including phenoxy) is 1. The van der Waals surface area contributed by atoms with Gasteiger partial charge in [-0.25, -0.2) is 0 Å². The first-order valence-corrected chi connectivity index (χ1v) is 8.92. The van der Waals surface area contributed by atoms with Gasteiger partial charge in [0.2, 0.25) is 0 Å². The Bertz CT molecular complexity index is 439. The van der Waals surface area contributed by atoms with Crippen molar-refractivity contribution < 1.29 is 9.15 Å². The maximum Gasteiger partial charge on any atom is 0.120 e. The van der Waals surface area contributed by atoms with E-state index in [1.807, 2.05) is 11.8 Å². The molecule has 0 amide bonds. The quantitative estimate of drug-likeness (QED) is 0.921. The molecule has 2 aliphatic rings. The molecule has 3 atom stereocenters. The van der Waals surface area contributed by atoms with E-state index in [0.717, 1.165) is 37.4 Å². The summed E-state index contributed by atoms with van der Waals surface area (Å²) in [5.74, 6) is 4.55. The maximum atomic E-state index is 6.08. The largest absolute Gasteiger partial charge is 0.464 e. The van der Waals surface area contributed by atoms with Crippen LogP contribution in [0.25, 0.3) is 0 Å². The van der Waals surface area contributed by atoms with Crippen LogP contribution in [-0.2, 0) is 11.2 Å². The summed E-state index contributed by atoms with van der Waals surface area (Å²) in [7, 11) is 0. The van der Waals surface area contributed by atoms with Crippen LogP contribution in [0.3, 0.4) is 0 Å². The Morgan fingerprint density at radius 1 is 1.50 bits per heavy atom. The lowest BCUT2D eigenvalue weighted by Crippen LogP contribution is -2.47. The highest BCUT2D eigenvalue weighted by Gasteiger charge is 2.40. The molecule has 3 unspecified atom stereocenters. The molecule has 0 bridgehead atoms. The van der Waals surface area contributed by atoms with E-state index in [1.165, 1.54) is 17.9 Å². The minimum atomic E-state index is 0.151. The molecule has 1 N–H and O–H groups in total. The van der Waals surface area contributed by atoms with Gasteiger partial charge in [-0.2, -0.15) is 11.8 Å². The highest BCUT2D eigenvalue weighted by Crippen LogP contribution is 2.38. The average Bonchev–Trinajstić information content (AvgIpc) is 3.08. The lowest BCUT2D eigenvalue weighted by molar-refractivity contribution is -0.0714. The van der Waals surface area contributed by atoms with Crippen LogP contribution in [0, 0.1) is 0 Å². The van der Waals surface area contributed by atoms with E-state index in [0.29, 0.717) is 6.04 Å². The molecule has 3 rings (SSSR count). The van der Waals surface area contributed by atoms with E-state index in [9.17, 15) is 0 Å². The third-order valence-electron chi connectivity index (χ3n) is 4.50. The van der Waals surface area contributed by atoms with Crippen molar-refractivity contribution >= 4 is 11.8 Å². The van der Waals surface area contributed by atoms with Crippen LogP contribution in [0.15, 0.2) is 16.5 Å². The average molecular weight is 295 g/mol. The van der Waals surface area contributed by atoms with Crippen LogP contribution < -0.4 is 5.32 Å². The normalized spacial score (nSPS) is 31.8. The van der Waals surface area contributed by atoms with Crippen molar-refractivity contribution in [3.05, 3.63) is 23.7 Å². The molecule has 0 aromatic carbocycles. The van der Waals surface area contributed by atoms with Gasteiger partial charge in [0.05, 0.1) is 11.6 Å². The topological polar surface area (TPSA) is 34.4 Å². The van der Waals surface area contributed by atoms with E-state index in [4.69, 9.17) is 9.15 Å². The van der Waals surface area contributed by atoms with Crippen molar-refractivity contribution in [2.45, 2.75) is 57.2 Å². The Morgan fingerprint density at radius 2 is 2.40 bits per heavy atom. The number of furan rings is 1. The predicted molar refractivity (Wildman–Crippen MR) is 83.3 cm³/mol. The van der Waals surface area contributed by atoms with Crippen LogP contribution in [0.4, 0.5) is 0 Å². The zero-order chi connectivity index (χ0) is 14.0. The molecule has 2 fully saturated rings. The second-order valence-corrected chi connectivity index (χ2v) is 7.17. The highest BCUT2D eigenvalue weighted by molar-refractivity contribution is 7.99. The molecule has 0 aliphatic carbocycles. The first-order valence-electron chi connectivity index (χ1n) is 7.77. The van der Waals surface area contributed by atoms with Crippen molar-refractivity contribution in [2.75, 3.05) is 18.1 Å². The van der Waals surface area contributed by atoms with Crippen LogP contribution in [-0.4, -0.2) is 29.8 Å². The van der Waals surface area contributed by atoms with E-state index in [2.05, 4.69) is 31.3 Å². The summed E-state index contributed by atoms with van der Waals surface area (Å²) >= 11 is 2.03. The van der Waals surface area contributed by atoms with E-state index < -0.39 is 0 Å². The zero-order valence-electron chi connectivity index (χ0n) is 12.5. The SMILES string of the molecule is CCc1ccc(C(C)NC2CCOC3(CCSC3)C2)o1. The van der Waals surface area contributed by atoms with Crippen LogP contribution >= 0.6 is 11.8 Å². The van der Waals surface area contributed by atoms with E-state index in [-0.39, 0.29) is 11.6 Å². The summed E-state index contributed by atoms with van der Waals surface area (Å²) in [4.78, 5) is 0. The molecule has 20 heavy (non-hydrogen) atoms. The van der Waals surface area contributed by atoms with Crippen LogP contribution in [0.1, 0.15) is 50.7 Å². The van der Waals surface area contributed by atoms with Gasteiger partial charge in [-0.05, 0) is 44.1 Å². The van der Waals surface area contributed by atoms with Crippen molar-refractivity contribution in [3.8, 4) is 0 Å². The third-order valence-corrected chi connectivity index (χ3v) is 5.73. The van der Waals surface area contributed by atoms with Gasteiger partial charge in [-0.15, -0.1) is 0 Å². The molecule has 3 nitrogen and oxygen atoms in total. The zero-order valence-corrected chi connectivity index (χ0v) is 13.3. The maximum absolute atomic E-state index is 6.08. The van der Waals surface area contributed by atoms with E-state index in [1.54, 1.807) is 0 Å². The smallest absolute Gasteiger partial charge is 0.120 e. The van der Waals surface area contributed by atoms with Crippen LogP contribution in [0.2, 0.25) is 0 Å². The number of hydrogen-bond acceptors (Lipinski definition) is 4. The first kappa shape index (κ1) is 14.5. The third kappa shape index (κ3) is 3.07. The monoisotopic (exact) mass is 295 g/mol. The second kappa shape index (κ2) is 6.12. The summed E-state index contributed by atoms with van der Waals surface area (Å²) in [6.45, 7) is 5.22. The summed E-state index contributed by atoms with van der Waals surface area (Å²) in [5.41, 5.74) is 0.151. The number of aryl methyl sites for hydroxylation is 1. The molecular weight excluding hydrogens is 270 g/mol. The molecule has 0 radical (unpaired) electrons. The Labute approximate surface area is 125 Å². The van der Waals surface area contributed by atoms with Gasteiger partial charge >= 0.3 is 0 Å². The van der Waals surface area contributed by atoms with Crippen molar-refractivity contribution in [1.29, 1.82) is 0 Å². The van der Waals surface area contributed by atoms with Crippen molar-refractivity contribution in [3.63, 3.8) is 0 Å². The van der Waals surface area contributed by atoms with Gasteiger partial charge in [-0.3, -0.25) is 0 Å². The molecule has 0 saturated carbocycles. The second-order valence-electron chi connectivity index (χ2n) is 6.07. The predicted octanol–water partition coefficient (Wildman–Crippen LogP) is 3.55. The van der Waals surface area contributed by atoms with Gasteiger partial charge in [-0.1, -0.05) is 6.92 Å². The molecular formula is C16H25NO2S. The Morgan fingerprint density at radius 3 is 3.10 bits per heavy atom. The number of nitrogens with one attached hydrogen (secondary N) is 1. The fraction of sp³-hybridized carbons (Fsp3) is 0.750. The van der Waals surface area contributed by atoms with Gasteiger partial charge in [0.1, 0.15) is 11.5 Å². The van der Waals surface area contributed by atoms with E-state index >= 15 is 0 Å². The van der Waals surface area contributed by atoms with Gasteiger partial charge in [0, 0.05) is 24.8 Å². The van der Waals surface area contributed by atoms with Gasteiger partial charge < -0.3 is 14.5 Å². The minimum Gasteiger partial charge on any atom is -0.464 e. The fourth-order valence-corrected chi connectivity index (χ4v) is 4.66. The molecule has 1 aromatic heterocycles. The number of hydrogen-bond donors (Lipinski definition) is 1. The molecule has 2 saturated heterocycles. The van der Waals surface area contributed by atoms with Gasteiger partial charge in [0.15, 0.2) is 0 Å². The van der Waals surface area contributed by atoms with Crippen molar-refractivity contribution in [2.24, 2.45) is 0 Å². The summed E-state index contributed by atoms with van der Waals surface area (Å²) < 4.78 is 11.9. The Hall–Kier alpha value is -0.450. The molecule has 1 aromatic rings. The molecule has 4 heteroatoms. The molecule has 2 aliphatic heterocycles. The summed E-state index contributed by atoms with van der Waals surface area (Å²) in [6.07, 6.45) is 4.43. The van der Waals surface area contributed by atoms with Crippen LogP contribution in [0.5, 0.6) is 0 Å². The number of rotatable bonds is 4. The minimum absolute atomic E-state index is 0.151. The number of thioether (sulfide) groups is 1. The highest BCUT2D eigenvalue weighted by atomic mass is 32.2. The Balaban J connectivity index is 1.59. The molecule has 3 heterocycles. The standard InChI is InChI=1S/C16H25NO2S/c1-3-14-4-5-15(19-14)12(2)17-13-6-8-18-16(10-13)7-9-20-11-16/h4-5,12-13,17H,3,6-11H2,1-2H3. The first-order chi connectivity index (χ1) is 9.71.